The highest BCUT2D eigenvalue weighted by molar-refractivity contribution is 5.69. The molecule has 0 aromatic heterocycles. The van der Waals surface area contributed by atoms with Crippen molar-refractivity contribution < 1.29 is 15.0 Å². The molecule has 0 heterocycles. The minimum absolute atomic E-state index is 0.0497. The van der Waals surface area contributed by atoms with Crippen molar-refractivity contribution in [2.45, 2.75) is 32.1 Å². The van der Waals surface area contributed by atoms with E-state index in [1.54, 1.807) is 0 Å². The van der Waals surface area contributed by atoms with E-state index < -0.39 is 11.9 Å². The van der Waals surface area contributed by atoms with Crippen LogP contribution in [0.3, 0.4) is 0 Å². The number of carboxylic acids is 1. The van der Waals surface area contributed by atoms with E-state index in [1.165, 1.54) is 5.57 Å². The number of aliphatic hydroxyl groups is 1. The largest absolute Gasteiger partial charge is 0.481 e. The number of aliphatic hydroxyl groups excluding tert-OH is 1. The first-order valence-corrected chi connectivity index (χ1v) is 5.43. The monoisotopic (exact) mass is 210 g/mol. The number of hydrogen-bond donors (Lipinski definition) is 2. The van der Waals surface area contributed by atoms with E-state index in [9.17, 15) is 4.79 Å². The highest BCUT2D eigenvalue weighted by Gasteiger charge is 2.16. The van der Waals surface area contributed by atoms with Crippen molar-refractivity contribution in [3.63, 3.8) is 0 Å². The summed E-state index contributed by atoms with van der Waals surface area (Å²) in [6.07, 6.45) is 10.3. The Morgan fingerprint density at radius 2 is 2.20 bits per heavy atom. The van der Waals surface area contributed by atoms with Gasteiger partial charge in [0.05, 0.1) is 5.92 Å². The first kappa shape index (κ1) is 12.0. The fourth-order valence-corrected chi connectivity index (χ4v) is 1.74. The maximum Gasteiger partial charge on any atom is 0.306 e. The Kier molecular flexibility index (Phi) is 5.12. The average Bonchev–Trinajstić information content (AvgIpc) is 2.25. The summed E-state index contributed by atoms with van der Waals surface area (Å²) < 4.78 is 0. The molecule has 0 amide bonds. The molecule has 2 N–H and O–H groups in total. The molecule has 1 rings (SSSR count). The molecule has 0 saturated carbocycles. The lowest BCUT2D eigenvalue weighted by atomic mass is 9.94. The summed E-state index contributed by atoms with van der Waals surface area (Å²) in [5, 5.41) is 17.6. The maximum absolute atomic E-state index is 10.8. The molecule has 84 valence electrons. The molecular weight excluding hydrogens is 192 g/mol. The Labute approximate surface area is 90.1 Å². The lowest BCUT2D eigenvalue weighted by Gasteiger charge is -2.12. The fourth-order valence-electron chi connectivity index (χ4n) is 1.74. The number of rotatable bonds is 6. The van der Waals surface area contributed by atoms with Crippen LogP contribution in [0.4, 0.5) is 0 Å². The third-order valence-electron chi connectivity index (χ3n) is 2.68. The molecule has 1 aliphatic carbocycles. The summed E-state index contributed by atoms with van der Waals surface area (Å²) in [6, 6.07) is 0. The van der Waals surface area contributed by atoms with E-state index in [0.29, 0.717) is 12.8 Å². The highest BCUT2D eigenvalue weighted by Crippen LogP contribution is 2.19. The van der Waals surface area contributed by atoms with Crippen LogP contribution >= 0.6 is 0 Å². The Hall–Kier alpha value is -1.09. The van der Waals surface area contributed by atoms with Gasteiger partial charge in [0, 0.05) is 6.61 Å². The lowest BCUT2D eigenvalue weighted by Crippen LogP contribution is -2.15. The van der Waals surface area contributed by atoms with Crippen molar-refractivity contribution in [3.8, 4) is 0 Å². The van der Waals surface area contributed by atoms with Crippen molar-refractivity contribution >= 4 is 5.97 Å². The minimum atomic E-state index is -0.801. The van der Waals surface area contributed by atoms with Crippen LogP contribution in [0.1, 0.15) is 32.1 Å². The molecule has 0 aromatic carbocycles. The molecule has 15 heavy (non-hydrogen) atoms. The van der Waals surface area contributed by atoms with Crippen molar-refractivity contribution in [1.29, 1.82) is 0 Å². The van der Waals surface area contributed by atoms with E-state index in [2.05, 4.69) is 18.2 Å². The molecule has 1 atom stereocenters. The first-order valence-electron chi connectivity index (χ1n) is 5.43. The standard InChI is InChI=1S/C12H18O3/c13-9-8-11(12(14)15)7-6-10-4-2-1-3-5-10/h2,4-5,11,13H,1,3,6-9H2,(H,14,15). The molecule has 0 bridgehead atoms. The van der Waals surface area contributed by atoms with E-state index in [1.807, 2.05) is 0 Å². The van der Waals surface area contributed by atoms with Crippen molar-refractivity contribution in [3.05, 3.63) is 23.8 Å². The van der Waals surface area contributed by atoms with Crippen molar-refractivity contribution in [2.24, 2.45) is 5.92 Å². The Balaban J connectivity index is 2.35. The van der Waals surface area contributed by atoms with Crippen LogP contribution in [0.2, 0.25) is 0 Å². The van der Waals surface area contributed by atoms with Gasteiger partial charge >= 0.3 is 5.97 Å². The van der Waals surface area contributed by atoms with Gasteiger partial charge in [0.25, 0.3) is 0 Å². The minimum Gasteiger partial charge on any atom is -0.481 e. The van der Waals surface area contributed by atoms with Gasteiger partial charge in [-0.2, -0.15) is 0 Å². The predicted octanol–water partition coefficient (Wildman–Crippen LogP) is 2.13. The summed E-state index contributed by atoms with van der Waals surface area (Å²) in [4.78, 5) is 10.8. The van der Waals surface area contributed by atoms with Gasteiger partial charge in [0.15, 0.2) is 0 Å². The van der Waals surface area contributed by atoms with E-state index >= 15 is 0 Å². The molecule has 0 aromatic rings. The number of allylic oxidation sites excluding steroid dienone is 4. The molecule has 0 radical (unpaired) electrons. The first-order chi connectivity index (χ1) is 7.24. The smallest absolute Gasteiger partial charge is 0.306 e. The summed E-state index contributed by atoms with van der Waals surface area (Å²) in [6.45, 7) is -0.0497. The van der Waals surface area contributed by atoms with Gasteiger partial charge in [0.1, 0.15) is 0 Å². The second kappa shape index (κ2) is 6.40. The van der Waals surface area contributed by atoms with Crippen LogP contribution in [0.15, 0.2) is 23.8 Å². The second-order valence-electron chi connectivity index (χ2n) is 3.84. The van der Waals surface area contributed by atoms with Crippen LogP contribution in [0.25, 0.3) is 0 Å². The quantitative estimate of drug-likeness (QED) is 0.706. The van der Waals surface area contributed by atoms with Gasteiger partial charge in [-0.3, -0.25) is 4.79 Å². The van der Waals surface area contributed by atoms with Gasteiger partial charge in [-0.1, -0.05) is 23.8 Å². The molecule has 0 spiro atoms. The van der Waals surface area contributed by atoms with Crippen molar-refractivity contribution in [1.82, 2.24) is 0 Å². The van der Waals surface area contributed by atoms with E-state index in [4.69, 9.17) is 10.2 Å². The van der Waals surface area contributed by atoms with E-state index in [0.717, 1.165) is 19.3 Å². The Morgan fingerprint density at radius 1 is 1.40 bits per heavy atom. The third-order valence-corrected chi connectivity index (χ3v) is 2.68. The van der Waals surface area contributed by atoms with Crippen LogP contribution in [0.5, 0.6) is 0 Å². The van der Waals surface area contributed by atoms with Gasteiger partial charge < -0.3 is 10.2 Å². The molecular formula is C12H18O3. The lowest BCUT2D eigenvalue weighted by molar-refractivity contribution is -0.142. The predicted molar refractivity (Wildman–Crippen MR) is 58.5 cm³/mol. The third kappa shape index (κ3) is 4.30. The second-order valence-corrected chi connectivity index (χ2v) is 3.84. The van der Waals surface area contributed by atoms with Crippen LogP contribution in [-0.4, -0.2) is 22.8 Å². The Bertz CT molecular complexity index is 266. The summed E-state index contributed by atoms with van der Waals surface area (Å²) in [7, 11) is 0. The zero-order chi connectivity index (χ0) is 11.1. The van der Waals surface area contributed by atoms with Gasteiger partial charge in [-0.05, 0) is 32.1 Å². The summed E-state index contributed by atoms with van der Waals surface area (Å²) in [5.41, 5.74) is 1.23. The van der Waals surface area contributed by atoms with Crippen molar-refractivity contribution in [2.75, 3.05) is 6.61 Å². The zero-order valence-electron chi connectivity index (χ0n) is 8.85. The summed E-state index contributed by atoms with van der Waals surface area (Å²) in [5.74, 6) is -1.21. The normalized spacial score (nSPS) is 17.3. The Morgan fingerprint density at radius 3 is 2.73 bits per heavy atom. The highest BCUT2D eigenvalue weighted by atomic mass is 16.4. The molecule has 0 saturated heterocycles. The number of aliphatic carboxylic acids is 1. The van der Waals surface area contributed by atoms with E-state index in [-0.39, 0.29) is 6.61 Å². The van der Waals surface area contributed by atoms with Crippen LogP contribution in [0, 0.1) is 5.92 Å². The number of carbonyl (C=O) groups is 1. The fraction of sp³-hybridized carbons (Fsp3) is 0.583. The zero-order valence-corrected chi connectivity index (χ0v) is 8.85. The van der Waals surface area contributed by atoms with Crippen LogP contribution in [-0.2, 0) is 4.79 Å². The molecule has 0 aliphatic heterocycles. The maximum atomic E-state index is 10.8. The molecule has 1 unspecified atom stereocenters. The summed E-state index contributed by atoms with van der Waals surface area (Å²) >= 11 is 0. The average molecular weight is 210 g/mol. The molecule has 0 fully saturated rings. The molecule has 3 nitrogen and oxygen atoms in total. The van der Waals surface area contributed by atoms with Crippen LogP contribution < -0.4 is 0 Å². The molecule has 3 heteroatoms. The van der Waals surface area contributed by atoms with Gasteiger partial charge in [-0.15, -0.1) is 0 Å². The number of carboxylic acid groups (broad SMARTS) is 1. The number of hydrogen-bond acceptors (Lipinski definition) is 2. The molecule has 1 aliphatic rings. The topological polar surface area (TPSA) is 57.5 Å². The van der Waals surface area contributed by atoms with Gasteiger partial charge in [0.2, 0.25) is 0 Å². The SMILES string of the molecule is O=C(O)C(CCO)CCC1=CCCC=C1. The van der Waals surface area contributed by atoms with Gasteiger partial charge in [-0.25, -0.2) is 0 Å².